The molecule has 0 amide bonds. The molecule has 1 fully saturated rings. The van der Waals surface area contributed by atoms with Crippen LogP contribution in [0.5, 0.6) is 0 Å². The van der Waals surface area contributed by atoms with Crippen molar-refractivity contribution in [3.8, 4) is 0 Å². The van der Waals surface area contributed by atoms with Crippen LogP contribution in [0.15, 0.2) is 24.3 Å². The van der Waals surface area contributed by atoms with Gasteiger partial charge in [-0.15, -0.1) is 0 Å². The Morgan fingerprint density at radius 1 is 1.00 bits per heavy atom. The molecule has 0 atom stereocenters. The fourth-order valence-electron chi connectivity index (χ4n) is 3.01. The monoisotopic (exact) mass is 340 g/mol. The highest BCUT2D eigenvalue weighted by Crippen LogP contribution is 2.24. The molecule has 0 spiro atoms. The molecule has 4 heteroatoms. The first-order chi connectivity index (χ1) is 11.4. The van der Waals surface area contributed by atoms with Crippen molar-refractivity contribution in [2.45, 2.75) is 59.3 Å². The van der Waals surface area contributed by atoms with Gasteiger partial charge >= 0.3 is 0 Å². The second kappa shape index (κ2) is 9.97. The van der Waals surface area contributed by atoms with E-state index in [1.165, 1.54) is 11.3 Å². The van der Waals surface area contributed by atoms with Crippen molar-refractivity contribution in [2.24, 2.45) is 0 Å². The number of alkyl halides is 2. The van der Waals surface area contributed by atoms with Gasteiger partial charge in [0, 0.05) is 38.3 Å². The van der Waals surface area contributed by atoms with E-state index in [-0.39, 0.29) is 13.0 Å². The Morgan fingerprint density at radius 2 is 1.54 bits per heavy atom. The van der Waals surface area contributed by atoms with E-state index in [9.17, 15) is 8.78 Å². The summed E-state index contributed by atoms with van der Waals surface area (Å²) in [5.41, 5.74) is 2.53. The third kappa shape index (κ3) is 6.39. The SMILES string of the molecule is CC.CCCC(F)(F)CN1CCN(c2ccc(C(C)C)cc2)CC1. The summed E-state index contributed by atoms with van der Waals surface area (Å²) in [6.07, 6.45) is 0.527. The molecule has 0 unspecified atom stereocenters. The van der Waals surface area contributed by atoms with E-state index in [4.69, 9.17) is 0 Å². The molecule has 1 aromatic carbocycles. The Bertz CT molecular complexity index is 449. The fourth-order valence-corrected chi connectivity index (χ4v) is 3.01. The number of nitrogens with zero attached hydrogens (tertiary/aromatic N) is 2. The highest BCUT2D eigenvalue weighted by Gasteiger charge is 2.31. The molecule has 0 aliphatic carbocycles. The van der Waals surface area contributed by atoms with Gasteiger partial charge in [-0.3, -0.25) is 4.90 Å². The van der Waals surface area contributed by atoms with Crippen LogP contribution in [0.2, 0.25) is 0 Å². The summed E-state index contributed by atoms with van der Waals surface area (Å²) in [7, 11) is 0. The van der Waals surface area contributed by atoms with Gasteiger partial charge in [-0.05, 0) is 23.6 Å². The molecule has 0 radical (unpaired) electrons. The first-order valence-corrected chi connectivity index (χ1v) is 9.36. The van der Waals surface area contributed by atoms with E-state index >= 15 is 0 Å². The first-order valence-electron chi connectivity index (χ1n) is 9.36. The number of piperazine rings is 1. The van der Waals surface area contributed by atoms with E-state index in [1.54, 1.807) is 0 Å². The van der Waals surface area contributed by atoms with Crippen LogP contribution in [0.3, 0.4) is 0 Å². The Balaban J connectivity index is 0.00000139. The highest BCUT2D eigenvalue weighted by atomic mass is 19.3. The topological polar surface area (TPSA) is 6.48 Å². The number of hydrogen-bond donors (Lipinski definition) is 0. The predicted molar refractivity (Wildman–Crippen MR) is 100 cm³/mol. The van der Waals surface area contributed by atoms with E-state index in [0.29, 0.717) is 25.4 Å². The van der Waals surface area contributed by atoms with Crippen LogP contribution >= 0.6 is 0 Å². The molecule has 2 rings (SSSR count). The number of hydrogen-bond acceptors (Lipinski definition) is 2. The molecular weight excluding hydrogens is 306 g/mol. The molecule has 138 valence electrons. The Kier molecular flexibility index (Phi) is 8.68. The van der Waals surface area contributed by atoms with Gasteiger partial charge in [0.1, 0.15) is 0 Å². The smallest absolute Gasteiger partial charge is 0.260 e. The summed E-state index contributed by atoms with van der Waals surface area (Å²) >= 11 is 0. The lowest BCUT2D eigenvalue weighted by Gasteiger charge is -2.37. The Hall–Kier alpha value is -1.16. The molecular formula is C20H34F2N2. The van der Waals surface area contributed by atoms with Crippen LogP contribution in [0.4, 0.5) is 14.5 Å². The molecule has 1 heterocycles. The molecule has 0 saturated carbocycles. The minimum atomic E-state index is -2.55. The Labute approximate surface area is 146 Å². The van der Waals surface area contributed by atoms with Gasteiger partial charge in [0.05, 0.1) is 6.54 Å². The van der Waals surface area contributed by atoms with Crippen LogP contribution < -0.4 is 4.90 Å². The number of benzene rings is 1. The summed E-state index contributed by atoms with van der Waals surface area (Å²) in [4.78, 5) is 4.19. The molecule has 0 aromatic heterocycles. The van der Waals surface area contributed by atoms with Crippen molar-refractivity contribution in [1.82, 2.24) is 4.90 Å². The van der Waals surface area contributed by atoms with Gasteiger partial charge in [0.2, 0.25) is 0 Å². The summed E-state index contributed by atoms with van der Waals surface area (Å²) in [6, 6.07) is 8.64. The first kappa shape index (κ1) is 20.9. The lowest BCUT2D eigenvalue weighted by molar-refractivity contribution is -0.0406. The van der Waals surface area contributed by atoms with Crippen molar-refractivity contribution >= 4 is 5.69 Å². The molecule has 1 aromatic rings. The maximum atomic E-state index is 13.7. The summed E-state index contributed by atoms with van der Waals surface area (Å²) < 4.78 is 27.4. The van der Waals surface area contributed by atoms with Crippen molar-refractivity contribution < 1.29 is 8.78 Å². The number of halogens is 2. The zero-order valence-electron chi connectivity index (χ0n) is 16.0. The second-order valence-electron chi connectivity index (χ2n) is 6.62. The minimum absolute atomic E-state index is 0.0100. The van der Waals surface area contributed by atoms with E-state index < -0.39 is 5.92 Å². The molecule has 0 bridgehead atoms. The Morgan fingerprint density at radius 3 is 2.00 bits per heavy atom. The maximum Gasteiger partial charge on any atom is 0.260 e. The second-order valence-corrected chi connectivity index (χ2v) is 6.62. The van der Waals surface area contributed by atoms with Crippen LogP contribution in [0.25, 0.3) is 0 Å². The molecule has 1 aliphatic heterocycles. The average Bonchev–Trinajstić information content (AvgIpc) is 2.57. The standard InChI is InChI=1S/C18H28F2N2.C2H6/c1-4-9-18(19,20)14-21-10-12-22(13-11-21)17-7-5-16(6-8-17)15(2)3;1-2/h5-8,15H,4,9-14H2,1-3H3;1-2H3. The molecule has 2 nitrogen and oxygen atoms in total. The van der Waals surface area contributed by atoms with E-state index in [2.05, 4.69) is 43.0 Å². The van der Waals surface area contributed by atoms with E-state index in [0.717, 1.165) is 13.1 Å². The summed E-state index contributed by atoms with van der Waals surface area (Å²) in [5, 5.41) is 0. The average molecular weight is 341 g/mol. The number of anilines is 1. The third-order valence-electron chi connectivity index (χ3n) is 4.37. The van der Waals surface area contributed by atoms with Crippen molar-refractivity contribution in [3.05, 3.63) is 29.8 Å². The molecule has 0 N–H and O–H groups in total. The number of rotatable bonds is 6. The normalized spacial score (nSPS) is 16.1. The van der Waals surface area contributed by atoms with Gasteiger partial charge in [-0.1, -0.05) is 53.2 Å². The highest BCUT2D eigenvalue weighted by molar-refractivity contribution is 5.48. The zero-order valence-corrected chi connectivity index (χ0v) is 16.0. The summed E-state index contributed by atoms with van der Waals surface area (Å²) in [5.74, 6) is -2.01. The quantitative estimate of drug-likeness (QED) is 0.685. The minimum Gasteiger partial charge on any atom is -0.369 e. The van der Waals surface area contributed by atoms with Crippen LogP contribution in [-0.2, 0) is 0 Å². The molecule has 1 saturated heterocycles. The van der Waals surface area contributed by atoms with Crippen molar-refractivity contribution in [1.29, 1.82) is 0 Å². The van der Waals surface area contributed by atoms with Crippen molar-refractivity contribution in [3.63, 3.8) is 0 Å². The van der Waals surface area contributed by atoms with Crippen LogP contribution in [0.1, 0.15) is 58.9 Å². The lowest BCUT2D eigenvalue weighted by Crippen LogP contribution is -2.50. The van der Waals surface area contributed by atoms with Crippen LogP contribution in [-0.4, -0.2) is 43.5 Å². The van der Waals surface area contributed by atoms with E-state index in [1.807, 2.05) is 25.7 Å². The van der Waals surface area contributed by atoms with Gasteiger partial charge in [-0.2, -0.15) is 0 Å². The molecule has 1 aliphatic rings. The molecule has 24 heavy (non-hydrogen) atoms. The van der Waals surface area contributed by atoms with Crippen LogP contribution in [0, 0.1) is 0 Å². The van der Waals surface area contributed by atoms with Crippen molar-refractivity contribution in [2.75, 3.05) is 37.6 Å². The fraction of sp³-hybridized carbons (Fsp3) is 0.700. The largest absolute Gasteiger partial charge is 0.369 e. The maximum absolute atomic E-state index is 13.7. The third-order valence-corrected chi connectivity index (χ3v) is 4.37. The van der Waals surface area contributed by atoms with Gasteiger partial charge < -0.3 is 4.90 Å². The predicted octanol–water partition coefficient (Wildman–Crippen LogP) is 5.39. The summed E-state index contributed by atoms with van der Waals surface area (Å²) in [6.45, 7) is 13.2. The lowest BCUT2D eigenvalue weighted by atomic mass is 10.0. The van der Waals surface area contributed by atoms with Gasteiger partial charge in [0.25, 0.3) is 5.92 Å². The van der Waals surface area contributed by atoms with Gasteiger partial charge in [-0.25, -0.2) is 8.78 Å². The van der Waals surface area contributed by atoms with Gasteiger partial charge in [0.15, 0.2) is 0 Å². The zero-order chi connectivity index (χ0) is 18.2.